The summed E-state index contributed by atoms with van der Waals surface area (Å²) in [6.45, 7) is 6.16. The Kier molecular flexibility index (Phi) is 4.07. The van der Waals surface area contributed by atoms with Gasteiger partial charge in [0, 0.05) is 12.2 Å². The van der Waals surface area contributed by atoms with Crippen LogP contribution in [0.5, 0.6) is 0 Å². The summed E-state index contributed by atoms with van der Waals surface area (Å²) in [5.41, 5.74) is 0. The summed E-state index contributed by atoms with van der Waals surface area (Å²) in [6.07, 6.45) is 0.789. The molecular formula is C7H7NO4. The number of esters is 2. The summed E-state index contributed by atoms with van der Waals surface area (Å²) in [7, 11) is 0. The molecule has 0 aromatic heterocycles. The molecule has 0 aromatic carbocycles. The molecule has 12 heavy (non-hydrogen) atoms. The molecule has 0 aliphatic carbocycles. The number of carbonyl (C=O) groups is 2. The van der Waals surface area contributed by atoms with E-state index in [2.05, 4.69) is 22.6 Å². The van der Waals surface area contributed by atoms with Crippen LogP contribution in [0.4, 0.5) is 0 Å². The maximum Gasteiger partial charge on any atom is 0.396 e. The van der Waals surface area contributed by atoms with E-state index in [1.807, 2.05) is 0 Å². The summed E-state index contributed by atoms with van der Waals surface area (Å²) < 4.78 is 8.22. The van der Waals surface area contributed by atoms with Crippen LogP contribution in [0.1, 0.15) is 0 Å². The van der Waals surface area contributed by atoms with E-state index in [9.17, 15) is 9.59 Å². The first-order valence-corrected chi connectivity index (χ1v) is 2.87. The van der Waals surface area contributed by atoms with Crippen molar-refractivity contribution in [3.63, 3.8) is 0 Å². The fourth-order valence-electron chi connectivity index (χ4n) is 0.287. The minimum absolute atomic E-state index is 0.844. The molecule has 0 heterocycles. The third-order valence-corrected chi connectivity index (χ3v) is 0.720. The third kappa shape index (κ3) is 3.99. The Labute approximate surface area is 68.8 Å². The van der Waals surface area contributed by atoms with Crippen LogP contribution in [-0.4, -0.2) is 18.0 Å². The van der Waals surface area contributed by atoms with E-state index in [0.717, 1.165) is 12.2 Å². The monoisotopic (exact) mass is 169 g/mol. The molecule has 1 N–H and O–H groups in total. The summed E-state index contributed by atoms with van der Waals surface area (Å²) in [4.78, 5) is 20.8. The van der Waals surface area contributed by atoms with Crippen molar-refractivity contribution in [3.05, 3.63) is 25.3 Å². The molecule has 0 atom stereocenters. The van der Waals surface area contributed by atoms with Crippen LogP contribution < -0.4 is 0 Å². The Hall–Kier alpha value is -1.91. The Morgan fingerprint density at radius 1 is 1.08 bits per heavy atom. The first-order chi connectivity index (χ1) is 5.60. The first-order valence-electron chi connectivity index (χ1n) is 2.87. The van der Waals surface area contributed by atoms with Crippen molar-refractivity contribution in [2.45, 2.75) is 0 Å². The lowest BCUT2D eigenvalue weighted by molar-refractivity contribution is -0.136. The van der Waals surface area contributed by atoms with E-state index in [0.29, 0.717) is 0 Å². The van der Waals surface area contributed by atoms with Gasteiger partial charge in [0.25, 0.3) is 0 Å². The van der Waals surface area contributed by atoms with Crippen LogP contribution in [0, 0.1) is 5.41 Å². The van der Waals surface area contributed by atoms with Crippen LogP contribution in [0.25, 0.3) is 0 Å². The van der Waals surface area contributed by atoms with Crippen molar-refractivity contribution in [1.82, 2.24) is 0 Å². The van der Waals surface area contributed by atoms with Gasteiger partial charge in [-0.3, -0.25) is 0 Å². The fourth-order valence-corrected chi connectivity index (χ4v) is 0.287. The van der Waals surface area contributed by atoms with E-state index < -0.39 is 18.0 Å². The normalized spacial score (nSPS) is 8.00. The summed E-state index contributed by atoms with van der Waals surface area (Å²) in [5, 5.41) is 6.77. The zero-order valence-electron chi connectivity index (χ0n) is 6.20. The number of ether oxygens (including phenoxy) is 2. The van der Waals surface area contributed by atoms with E-state index >= 15 is 0 Å². The largest absolute Gasteiger partial charge is 0.396 e. The molecule has 5 heteroatoms. The average Bonchev–Trinajstić information content (AvgIpc) is 2.03. The zero-order valence-corrected chi connectivity index (χ0v) is 6.20. The van der Waals surface area contributed by atoms with Gasteiger partial charge in [0.2, 0.25) is 0 Å². The fraction of sp³-hybridized carbons (Fsp3) is 0. The predicted molar refractivity (Wildman–Crippen MR) is 40.3 cm³/mol. The molecule has 0 fully saturated rings. The molecule has 0 bridgehead atoms. The second kappa shape index (κ2) is 4.84. The van der Waals surface area contributed by atoms with Gasteiger partial charge in [-0.1, -0.05) is 13.2 Å². The molecule has 0 spiro atoms. The maximum absolute atomic E-state index is 10.4. The van der Waals surface area contributed by atoms with Gasteiger partial charge in [-0.15, -0.1) is 0 Å². The number of nitrogens with one attached hydrogen (secondary N) is 1. The predicted octanol–water partition coefficient (Wildman–Crippen LogP) is 0.380. The third-order valence-electron chi connectivity index (χ3n) is 0.720. The van der Waals surface area contributed by atoms with Gasteiger partial charge < -0.3 is 9.47 Å². The highest BCUT2D eigenvalue weighted by Gasteiger charge is 2.07. The minimum atomic E-state index is -0.898. The Bertz CT molecular complexity index is 220. The summed E-state index contributed by atoms with van der Waals surface area (Å²) in [6, 6.07) is 0. The first kappa shape index (κ1) is 10.1. The minimum Gasteiger partial charge on any atom is -0.374 e. The smallest absolute Gasteiger partial charge is 0.374 e. The lowest BCUT2D eigenvalue weighted by Crippen LogP contribution is -2.15. The number of rotatable bonds is 2. The lowest BCUT2D eigenvalue weighted by atomic mass is 10.6. The lowest BCUT2D eigenvalue weighted by Gasteiger charge is -2.00. The van der Waals surface area contributed by atoms with Crippen molar-refractivity contribution in [1.29, 1.82) is 5.41 Å². The summed E-state index contributed by atoms with van der Waals surface area (Å²) >= 11 is 0. The van der Waals surface area contributed by atoms with Gasteiger partial charge in [-0.25, -0.2) is 15.0 Å². The quantitative estimate of drug-likeness (QED) is 0.280. The zero-order chi connectivity index (χ0) is 9.56. The number of carbonyl (C=O) groups excluding carboxylic acids is 2. The molecule has 5 nitrogen and oxygen atoms in total. The van der Waals surface area contributed by atoms with Crippen LogP contribution in [-0.2, 0) is 19.1 Å². The molecule has 0 rings (SSSR count). The van der Waals surface area contributed by atoms with E-state index in [4.69, 9.17) is 5.41 Å². The Morgan fingerprint density at radius 2 is 1.42 bits per heavy atom. The molecule has 0 unspecified atom stereocenters. The van der Waals surface area contributed by atoms with Gasteiger partial charge in [-0.2, -0.15) is 0 Å². The van der Waals surface area contributed by atoms with Crippen molar-refractivity contribution in [3.8, 4) is 0 Å². The second-order valence-corrected chi connectivity index (χ2v) is 1.54. The standard InChI is InChI=1S/C7H7NO4/c1-3-5(9)11-7(8)12-6(10)4-2/h3-4,8H,1-2H2. The van der Waals surface area contributed by atoms with Gasteiger partial charge in [-0.05, 0) is 0 Å². The average molecular weight is 169 g/mol. The highest BCUT2D eigenvalue weighted by atomic mass is 16.7. The van der Waals surface area contributed by atoms with Gasteiger partial charge in [0.1, 0.15) is 0 Å². The maximum atomic E-state index is 10.4. The van der Waals surface area contributed by atoms with Gasteiger partial charge >= 0.3 is 18.0 Å². The van der Waals surface area contributed by atoms with Crippen LogP contribution in [0.15, 0.2) is 25.3 Å². The highest BCUT2D eigenvalue weighted by molar-refractivity contribution is 5.95. The molecule has 0 radical (unpaired) electrons. The SMILES string of the molecule is C=CC(=O)OC(=N)OC(=O)C=C. The molecule has 0 saturated carbocycles. The van der Waals surface area contributed by atoms with Crippen molar-refractivity contribution < 1.29 is 19.1 Å². The molecule has 0 aliphatic heterocycles. The molecule has 0 aliphatic rings. The Balaban J connectivity index is 3.89. The van der Waals surface area contributed by atoms with Crippen LogP contribution >= 0.6 is 0 Å². The van der Waals surface area contributed by atoms with E-state index in [-0.39, 0.29) is 0 Å². The number of hydrogen-bond acceptors (Lipinski definition) is 5. The molecule has 0 saturated heterocycles. The molecule has 0 amide bonds. The molecule has 64 valence electrons. The van der Waals surface area contributed by atoms with Crippen LogP contribution in [0.2, 0.25) is 0 Å². The summed E-state index contributed by atoms with van der Waals surface area (Å²) in [5.74, 6) is -1.73. The van der Waals surface area contributed by atoms with Gasteiger partial charge in [0.15, 0.2) is 0 Å². The van der Waals surface area contributed by atoms with Crippen molar-refractivity contribution >= 4 is 18.0 Å². The van der Waals surface area contributed by atoms with E-state index in [1.165, 1.54) is 0 Å². The number of hydrogen-bond donors (Lipinski definition) is 1. The molecular weight excluding hydrogens is 162 g/mol. The Morgan fingerprint density at radius 3 is 1.67 bits per heavy atom. The van der Waals surface area contributed by atoms with Gasteiger partial charge in [0.05, 0.1) is 0 Å². The van der Waals surface area contributed by atoms with Crippen molar-refractivity contribution in [2.24, 2.45) is 0 Å². The molecule has 0 aromatic rings. The van der Waals surface area contributed by atoms with Crippen molar-refractivity contribution in [2.75, 3.05) is 0 Å². The second-order valence-electron chi connectivity index (χ2n) is 1.54. The van der Waals surface area contributed by atoms with E-state index in [1.54, 1.807) is 0 Å². The highest BCUT2D eigenvalue weighted by Crippen LogP contribution is 1.86. The van der Waals surface area contributed by atoms with Crippen LogP contribution in [0.3, 0.4) is 0 Å². The topological polar surface area (TPSA) is 76.5 Å².